The van der Waals surface area contributed by atoms with Gasteiger partial charge < -0.3 is 5.32 Å². The maximum Gasteiger partial charge on any atom is 0.251 e. The van der Waals surface area contributed by atoms with Gasteiger partial charge in [0.2, 0.25) is 0 Å². The third-order valence-electron chi connectivity index (χ3n) is 3.83. The minimum atomic E-state index is 0.00934. The predicted molar refractivity (Wildman–Crippen MR) is 74.9 cm³/mol. The highest BCUT2D eigenvalue weighted by Crippen LogP contribution is 2.36. The second-order valence-corrected chi connectivity index (χ2v) is 5.80. The Kier molecular flexibility index (Phi) is 4.28. The maximum absolute atomic E-state index is 12.1. The van der Waals surface area contributed by atoms with Crippen LogP contribution in [0.25, 0.3) is 0 Å². The van der Waals surface area contributed by atoms with Crippen molar-refractivity contribution in [3.8, 4) is 0 Å². The molecule has 0 saturated heterocycles. The zero-order valence-corrected chi connectivity index (χ0v) is 11.6. The molecule has 2 nitrogen and oxygen atoms in total. The van der Waals surface area contributed by atoms with Crippen LogP contribution in [0.2, 0.25) is 0 Å². The molecule has 2 rings (SSSR count). The molecule has 1 aliphatic carbocycles. The molecule has 1 aromatic carbocycles. The van der Waals surface area contributed by atoms with Crippen LogP contribution in [0.1, 0.15) is 48.5 Å². The summed E-state index contributed by atoms with van der Waals surface area (Å²) in [6.45, 7) is 3.03. The van der Waals surface area contributed by atoms with Crippen molar-refractivity contribution >= 4 is 17.5 Å². The van der Waals surface area contributed by atoms with Gasteiger partial charge in [-0.25, -0.2) is 0 Å². The highest BCUT2D eigenvalue weighted by molar-refractivity contribution is 6.17. The molecule has 1 fully saturated rings. The van der Waals surface area contributed by atoms with Crippen molar-refractivity contribution in [1.29, 1.82) is 0 Å². The Labute approximate surface area is 114 Å². The van der Waals surface area contributed by atoms with Gasteiger partial charge in [-0.1, -0.05) is 31.9 Å². The molecule has 0 bridgehead atoms. The number of amides is 1. The van der Waals surface area contributed by atoms with Crippen LogP contribution in [-0.2, 0) is 5.88 Å². The van der Waals surface area contributed by atoms with Gasteiger partial charge in [0.25, 0.3) is 5.91 Å². The molecule has 0 aliphatic heterocycles. The third kappa shape index (κ3) is 3.26. The fourth-order valence-electron chi connectivity index (χ4n) is 2.60. The van der Waals surface area contributed by atoms with Gasteiger partial charge in [0.15, 0.2) is 0 Å². The molecule has 1 saturated carbocycles. The van der Waals surface area contributed by atoms with Crippen LogP contribution in [0.4, 0.5) is 0 Å². The highest BCUT2D eigenvalue weighted by Gasteiger charge is 2.28. The number of hydrogen-bond donors (Lipinski definition) is 1. The fraction of sp³-hybridized carbons (Fsp3) is 0.533. The quantitative estimate of drug-likeness (QED) is 0.826. The molecular formula is C15H20ClNO. The molecule has 0 heterocycles. The van der Waals surface area contributed by atoms with Crippen molar-refractivity contribution in [2.45, 2.75) is 38.5 Å². The van der Waals surface area contributed by atoms with Gasteiger partial charge in [-0.2, -0.15) is 0 Å². The average molecular weight is 266 g/mol. The number of hydrogen-bond acceptors (Lipinski definition) is 1. The molecule has 18 heavy (non-hydrogen) atoms. The number of alkyl halides is 1. The summed E-state index contributed by atoms with van der Waals surface area (Å²) in [6.07, 6.45) is 5.01. The van der Waals surface area contributed by atoms with Crippen LogP contribution >= 0.6 is 11.6 Å². The number of halogens is 1. The topological polar surface area (TPSA) is 29.1 Å². The van der Waals surface area contributed by atoms with Crippen LogP contribution in [0, 0.1) is 5.41 Å². The summed E-state index contributed by atoms with van der Waals surface area (Å²) in [4.78, 5) is 12.1. The zero-order chi connectivity index (χ0) is 13.0. The molecule has 1 amide bonds. The van der Waals surface area contributed by atoms with E-state index in [1.165, 1.54) is 25.7 Å². The van der Waals surface area contributed by atoms with E-state index >= 15 is 0 Å². The Bertz CT molecular complexity index is 424. The Morgan fingerprint density at radius 3 is 2.78 bits per heavy atom. The van der Waals surface area contributed by atoms with Crippen molar-refractivity contribution in [3.63, 3.8) is 0 Å². The van der Waals surface area contributed by atoms with Gasteiger partial charge >= 0.3 is 0 Å². The zero-order valence-electron chi connectivity index (χ0n) is 10.8. The molecule has 0 aromatic heterocycles. The van der Waals surface area contributed by atoms with E-state index in [4.69, 9.17) is 11.6 Å². The second kappa shape index (κ2) is 5.75. The van der Waals surface area contributed by atoms with Crippen molar-refractivity contribution in [3.05, 3.63) is 35.4 Å². The maximum atomic E-state index is 12.1. The third-order valence-corrected chi connectivity index (χ3v) is 4.14. The summed E-state index contributed by atoms with van der Waals surface area (Å²) in [5, 5.41) is 3.05. The van der Waals surface area contributed by atoms with E-state index in [0.29, 0.717) is 16.9 Å². The van der Waals surface area contributed by atoms with E-state index in [2.05, 4.69) is 12.2 Å². The first-order valence-corrected chi connectivity index (χ1v) is 7.10. The smallest absolute Gasteiger partial charge is 0.251 e. The number of rotatable bonds is 4. The monoisotopic (exact) mass is 265 g/mol. The summed E-state index contributed by atoms with van der Waals surface area (Å²) < 4.78 is 0. The minimum Gasteiger partial charge on any atom is -0.351 e. The lowest BCUT2D eigenvalue weighted by atomic mass is 9.89. The normalized spacial score (nSPS) is 17.7. The van der Waals surface area contributed by atoms with Crippen LogP contribution < -0.4 is 5.32 Å². The number of carbonyl (C=O) groups excluding carboxylic acids is 1. The largest absolute Gasteiger partial charge is 0.351 e. The lowest BCUT2D eigenvalue weighted by Crippen LogP contribution is -2.34. The van der Waals surface area contributed by atoms with E-state index in [9.17, 15) is 4.79 Å². The molecule has 0 radical (unpaired) electrons. The van der Waals surface area contributed by atoms with Gasteiger partial charge in [0.1, 0.15) is 0 Å². The second-order valence-electron chi connectivity index (χ2n) is 5.53. The Balaban J connectivity index is 1.94. The van der Waals surface area contributed by atoms with Crippen LogP contribution in [0.3, 0.4) is 0 Å². The first kappa shape index (κ1) is 13.4. The Hall–Kier alpha value is -1.02. The standard InChI is InChI=1S/C15H20ClNO/c1-15(7-2-3-8-15)11-17-14(18)13-6-4-5-12(9-13)10-16/h4-6,9H,2-3,7-8,10-11H2,1H3,(H,17,18). The molecule has 98 valence electrons. The number of nitrogens with one attached hydrogen (secondary N) is 1. The summed E-state index contributed by atoms with van der Waals surface area (Å²) in [7, 11) is 0. The SMILES string of the molecule is CC1(CNC(=O)c2cccc(CCl)c2)CCCC1. The van der Waals surface area contributed by atoms with E-state index in [1.54, 1.807) is 0 Å². The van der Waals surface area contributed by atoms with E-state index in [0.717, 1.165) is 12.1 Å². The van der Waals surface area contributed by atoms with Crippen LogP contribution in [0.15, 0.2) is 24.3 Å². The first-order chi connectivity index (χ1) is 8.63. The minimum absolute atomic E-state index is 0.00934. The molecular weight excluding hydrogens is 246 g/mol. The molecule has 1 aromatic rings. The van der Waals surface area contributed by atoms with E-state index < -0.39 is 0 Å². The van der Waals surface area contributed by atoms with Crippen molar-refractivity contribution in [2.24, 2.45) is 5.41 Å². The van der Waals surface area contributed by atoms with Crippen molar-refractivity contribution in [1.82, 2.24) is 5.32 Å². The number of carbonyl (C=O) groups is 1. The first-order valence-electron chi connectivity index (χ1n) is 6.56. The van der Waals surface area contributed by atoms with Gasteiger partial charge in [-0.05, 0) is 36.0 Å². The van der Waals surface area contributed by atoms with Crippen molar-refractivity contribution in [2.75, 3.05) is 6.54 Å². The van der Waals surface area contributed by atoms with Crippen molar-refractivity contribution < 1.29 is 4.79 Å². The highest BCUT2D eigenvalue weighted by atomic mass is 35.5. The van der Waals surface area contributed by atoms with Gasteiger partial charge in [0.05, 0.1) is 0 Å². The van der Waals surface area contributed by atoms with Crippen LogP contribution in [-0.4, -0.2) is 12.5 Å². The molecule has 1 N–H and O–H groups in total. The van der Waals surface area contributed by atoms with Gasteiger partial charge in [0, 0.05) is 18.0 Å². The molecule has 1 aliphatic rings. The average Bonchev–Trinajstić information content (AvgIpc) is 2.83. The van der Waals surface area contributed by atoms with E-state index in [1.807, 2.05) is 24.3 Å². The lowest BCUT2D eigenvalue weighted by molar-refractivity contribution is 0.0934. The van der Waals surface area contributed by atoms with Crippen LogP contribution in [0.5, 0.6) is 0 Å². The Morgan fingerprint density at radius 2 is 2.11 bits per heavy atom. The van der Waals surface area contributed by atoms with Gasteiger partial charge in [-0.3, -0.25) is 4.79 Å². The fourth-order valence-corrected chi connectivity index (χ4v) is 2.76. The molecule has 0 unspecified atom stereocenters. The molecule has 0 atom stereocenters. The summed E-state index contributed by atoms with van der Waals surface area (Å²) in [5.41, 5.74) is 1.98. The summed E-state index contributed by atoms with van der Waals surface area (Å²) in [5.74, 6) is 0.453. The summed E-state index contributed by atoms with van der Waals surface area (Å²) in [6, 6.07) is 7.51. The lowest BCUT2D eigenvalue weighted by Gasteiger charge is -2.23. The van der Waals surface area contributed by atoms with Gasteiger partial charge in [-0.15, -0.1) is 11.6 Å². The Morgan fingerprint density at radius 1 is 1.39 bits per heavy atom. The molecule has 3 heteroatoms. The number of benzene rings is 1. The predicted octanol–water partition coefficient (Wildman–Crippen LogP) is 3.74. The molecule has 0 spiro atoms. The summed E-state index contributed by atoms with van der Waals surface area (Å²) >= 11 is 5.77. The van der Waals surface area contributed by atoms with E-state index in [-0.39, 0.29) is 5.91 Å².